The van der Waals surface area contributed by atoms with E-state index in [2.05, 4.69) is 12.2 Å². The average Bonchev–Trinajstić information content (AvgIpc) is 3.16. The lowest BCUT2D eigenvalue weighted by Gasteiger charge is -2.06. The molecule has 0 fully saturated rings. The first kappa shape index (κ1) is 18.0. The largest absolute Gasteiger partial charge is 0.497 e. The van der Waals surface area contributed by atoms with Crippen molar-refractivity contribution < 1.29 is 14.3 Å². The van der Waals surface area contributed by atoms with Crippen LogP contribution >= 0.6 is 11.3 Å². The SMILES string of the molecule is CCc1ccc(NC(=O)c2cc(COc3ccc(OC)cc3)cs2)cc1. The fourth-order valence-corrected chi connectivity index (χ4v) is 3.22. The zero-order valence-electron chi connectivity index (χ0n) is 14.8. The van der Waals surface area contributed by atoms with Crippen LogP contribution in [0.25, 0.3) is 0 Å². The molecule has 1 aromatic heterocycles. The number of carbonyl (C=O) groups is 1. The third-order valence-electron chi connectivity index (χ3n) is 3.96. The molecule has 1 amide bonds. The number of aryl methyl sites for hydroxylation is 1. The summed E-state index contributed by atoms with van der Waals surface area (Å²) in [5.41, 5.74) is 3.02. The first-order valence-electron chi connectivity index (χ1n) is 8.42. The minimum Gasteiger partial charge on any atom is -0.497 e. The van der Waals surface area contributed by atoms with Gasteiger partial charge >= 0.3 is 0 Å². The standard InChI is InChI=1S/C21H21NO3S/c1-3-15-4-6-17(7-5-15)22-21(23)20-12-16(14-26-20)13-25-19-10-8-18(24-2)9-11-19/h4-12,14H,3,13H2,1-2H3,(H,22,23). The number of benzene rings is 2. The van der Waals surface area contributed by atoms with Crippen molar-refractivity contribution in [2.75, 3.05) is 12.4 Å². The van der Waals surface area contributed by atoms with Crippen molar-refractivity contribution in [3.05, 3.63) is 76.0 Å². The molecule has 0 bridgehead atoms. The number of amides is 1. The van der Waals surface area contributed by atoms with E-state index in [9.17, 15) is 4.79 Å². The van der Waals surface area contributed by atoms with E-state index in [0.717, 1.165) is 29.2 Å². The summed E-state index contributed by atoms with van der Waals surface area (Å²) >= 11 is 1.41. The summed E-state index contributed by atoms with van der Waals surface area (Å²) in [5, 5.41) is 4.87. The molecule has 0 atom stereocenters. The van der Waals surface area contributed by atoms with Gasteiger partial charge in [0.2, 0.25) is 0 Å². The Morgan fingerprint density at radius 2 is 1.69 bits per heavy atom. The number of ether oxygens (including phenoxy) is 2. The lowest BCUT2D eigenvalue weighted by atomic mass is 10.1. The summed E-state index contributed by atoms with van der Waals surface area (Å²) in [6, 6.07) is 17.2. The van der Waals surface area contributed by atoms with Crippen LogP contribution in [0.15, 0.2) is 60.0 Å². The molecule has 4 nitrogen and oxygen atoms in total. The molecule has 0 radical (unpaired) electrons. The van der Waals surface area contributed by atoms with Gasteiger partial charge in [-0.15, -0.1) is 11.3 Å². The van der Waals surface area contributed by atoms with Gasteiger partial charge in [0.15, 0.2) is 0 Å². The molecule has 26 heavy (non-hydrogen) atoms. The van der Waals surface area contributed by atoms with Gasteiger partial charge in [-0.25, -0.2) is 0 Å². The number of methoxy groups -OCH3 is 1. The van der Waals surface area contributed by atoms with Crippen molar-refractivity contribution in [3.8, 4) is 11.5 Å². The lowest BCUT2D eigenvalue weighted by Crippen LogP contribution is -2.10. The quantitative estimate of drug-likeness (QED) is 0.628. The maximum Gasteiger partial charge on any atom is 0.265 e. The maximum atomic E-state index is 12.4. The second-order valence-corrected chi connectivity index (χ2v) is 6.70. The van der Waals surface area contributed by atoms with E-state index in [0.29, 0.717) is 11.5 Å². The average molecular weight is 367 g/mol. The fourth-order valence-electron chi connectivity index (χ4n) is 2.43. The van der Waals surface area contributed by atoms with Gasteiger partial charge in [0.25, 0.3) is 5.91 Å². The number of hydrogen-bond acceptors (Lipinski definition) is 4. The van der Waals surface area contributed by atoms with Gasteiger partial charge in [0.1, 0.15) is 18.1 Å². The molecule has 5 heteroatoms. The van der Waals surface area contributed by atoms with E-state index in [-0.39, 0.29) is 5.91 Å². The van der Waals surface area contributed by atoms with Gasteiger partial charge in [-0.1, -0.05) is 19.1 Å². The summed E-state index contributed by atoms with van der Waals surface area (Å²) in [6.45, 7) is 2.52. The third-order valence-corrected chi connectivity index (χ3v) is 4.94. The molecular formula is C21H21NO3S. The van der Waals surface area contributed by atoms with Crippen molar-refractivity contribution in [2.45, 2.75) is 20.0 Å². The number of rotatable bonds is 7. The summed E-state index contributed by atoms with van der Waals surface area (Å²) in [4.78, 5) is 13.0. The van der Waals surface area contributed by atoms with E-state index in [1.165, 1.54) is 16.9 Å². The highest BCUT2D eigenvalue weighted by Crippen LogP contribution is 2.21. The monoisotopic (exact) mass is 367 g/mol. The first-order chi connectivity index (χ1) is 12.7. The molecule has 0 spiro atoms. The molecule has 0 saturated carbocycles. The molecule has 2 aromatic carbocycles. The Bertz CT molecular complexity index is 854. The van der Waals surface area contributed by atoms with Gasteiger partial charge in [0, 0.05) is 11.3 Å². The Labute approximate surface area is 157 Å². The second kappa shape index (κ2) is 8.54. The number of anilines is 1. The Hall–Kier alpha value is -2.79. The van der Waals surface area contributed by atoms with E-state index in [1.807, 2.05) is 60.0 Å². The normalized spacial score (nSPS) is 10.4. The third kappa shape index (κ3) is 4.64. The van der Waals surface area contributed by atoms with Crippen LogP contribution in [0.1, 0.15) is 27.7 Å². The maximum absolute atomic E-state index is 12.4. The van der Waals surface area contributed by atoms with Gasteiger partial charge in [-0.2, -0.15) is 0 Å². The summed E-state index contributed by atoms with van der Waals surface area (Å²) in [5.74, 6) is 1.45. The van der Waals surface area contributed by atoms with Crippen LogP contribution < -0.4 is 14.8 Å². The number of nitrogens with one attached hydrogen (secondary N) is 1. The zero-order chi connectivity index (χ0) is 18.4. The predicted molar refractivity (Wildman–Crippen MR) is 105 cm³/mol. The summed E-state index contributed by atoms with van der Waals surface area (Å²) < 4.78 is 10.9. The molecule has 0 aliphatic rings. The molecule has 134 valence electrons. The first-order valence-corrected chi connectivity index (χ1v) is 9.30. The highest BCUT2D eigenvalue weighted by Gasteiger charge is 2.10. The topological polar surface area (TPSA) is 47.6 Å². The molecule has 0 aliphatic carbocycles. The smallest absolute Gasteiger partial charge is 0.265 e. The Morgan fingerprint density at radius 3 is 2.35 bits per heavy atom. The van der Waals surface area contributed by atoms with Crippen LogP contribution in [0.2, 0.25) is 0 Å². The molecule has 0 saturated heterocycles. The molecule has 3 rings (SSSR count). The van der Waals surface area contributed by atoms with Crippen molar-refractivity contribution in [1.29, 1.82) is 0 Å². The molecule has 3 aromatic rings. The van der Waals surface area contributed by atoms with E-state index in [1.54, 1.807) is 7.11 Å². The van der Waals surface area contributed by atoms with E-state index < -0.39 is 0 Å². The highest BCUT2D eigenvalue weighted by atomic mass is 32.1. The number of carbonyl (C=O) groups excluding carboxylic acids is 1. The van der Waals surface area contributed by atoms with Crippen LogP contribution in [-0.2, 0) is 13.0 Å². The second-order valence-electron chi connectivity index (χ2n) is 5.79. The van der Waals surface area contributed by atoms with E-state index >= 15 is 0 Å². The molecule has 1 N–H and O–H groups in total. The number of hydrogen-bond donors (Lipinski definition) is 1. The zero-order valence-corrected chi connectivity index (χ0v) is 15.6. The molecular weight excluding hydrogens is 346 g/mol. The van der Waals surface area contributed by atoms with Crippen molar-refractivity contribution >= 4 is 22.9 Å². The van der Waals surface area contributed by atoms with Gasteiger partial charge in [0.05, 0.1) is 12.0 Å². The van der Waals surface area contributed by atoms with Crippen LogP contribution in [0.4, 0.5) is 5.69 Å². The predicted octanol–water partition coefficient (Wildman–Crippen LogP) is 5.15. The molecule has 1 heterocycles. The Balaban J connectivity index is 1.56. The van der Waals surface area contributed by atoms with Gasteiger partial charge in [-0.05, 0) is 59.8 Å². The lowest BCUT2D eigenvalue weighted by molar-refractivity contribution is 0.103. The van der Waals surface area contributed by atoms with Crippen molar-refractivity contribution in [1.82, 2.24) is 0 Å². The summed E-state index contributed by atoms with van der Waals surface area (Å²) in [7, 11) is 1.63. The minimum atomic E-state index is -0.102. The van der Waals surface area contributed by atoms with Crippen LogP contribution in [0.5, 0.6) is 11.5 Å². The minimum absolute atomic E-state index is 0.102. The van der Waals surface area contributed by atoms with E-state index in [4.69, 9.17) is 9.47 Å². The number of thiophene rings is 1. The van der Waals surface area contributed by atoms with Crippen molar-refractivity contribution in [2.24, 2.45) is 0 Å². The van der Waals surface area contributed by atoms with Crippen LogP contribution in [0.3, 0.4) is 0 Å². The van der Waals surface area contributed by atoms with Crippen LogP contribution in [0, 0.1) is 0 Å². The fraction of sp³-hybridized carbons (Fsp3) is 0.190. The highest BCUT2D eigenvalue weighted by molar-refractivity contribution is 7.12. The summed E-state index contributed by atoms with van der Waals surface area (Å²) in [6.07, 6.45) is 0.983. The van der Waals surface area contributed by atoms with Crippen LogP contribution in [-0.4, -0.2) is 13.0 Å². The Morgan fingerprint density at radius 1 is 1.00 bits per heavy atom. The van der Waals surface area contributed by atoms with Crippen molar-refractivity contribution in [3.63, 3.8) is 0 Å². The molecule has 0 aliphatic heterocycles. The Kier molecular flexibility index (Phi) is 5.92. The van der Waals surface area contributed by atoms with Gasteiger partial charge in [-0.3, -0.25) is 4.79 Å². The molecule has 0 unspecified atom stereocenters. The van der Waals surface area contributed by atoms with Gasteiger partial charge < -0.3 is 14.8 Å².